The number of amides is 1. The number of rotatable bonds is 8. The van der Waals surface area contributed by atoms with Crippen LogP contribution in [0.4, 0.5) is 4.79 Å². The van der Waals surface area contributed by atoms with Crippen LogP contribution >= 0.6 is 0 Å². The summed E-state index contributed by atoms with van der Waals surface area (Å²) in [5, 5.41) is 2.53. The first kappa shape index (κ1) is 22.0. The molecule has 0 aliphatic rings. The standard InChI is InChI=1S/C21H33NO4/c1-7-8-14-18(17-12-10-9-11-13-17)16(3)25-19(23)15(2)22-20(24)26-21(4,5)6/h9-13,15-16,18H,7-8,14H2,1-6H3,(H,22,24)/t15-,16-,18-/m0/s1. The topological polar surface area (TPSA) is 64.6 Å². The Morgan fingerprint density at radius 1 is 1.12 bits per heavy atom. The van der Waals surface area contributed by atoms with E-state index in [9.17, 15) is 9.59 Å². The smallest absolute Gasteiger partial charge is 0.408 e. The molecule has 0 radical (unpaired) electrons. The summed E-state index contributed by atoms with van der Waals surface area (Å²) in [6, 6.07) is 9.32. The minimum absolute atomic E-state index is 0.133. The summed E-state index contributed by atoms with van der Waals surface area (Å²) in [4.78, 5) is 24.2. The fraction of sp³-hybridized carbons (Fsp3) is 0.619. The van der Waals surface area contributed by atoms with Crippen LogP contribution in [0.1, 0.15) is 72.3 Å². The Hall–Kier alpha value is -2.04. The van der Waals surface area contributed by atoms with Crippen LogP contribution < -0.4 is 5.32 Å². The van der Waals surface area contributed by atoms with Crippen molar-refractivity contribution >= 4 is 12.1 Å². The summed E-state index contributed by atoms with van der Waals surface area (Å²) >= 11 is 0. The van der Waals surface area contributed by atoms with Crippen LogP contribution in [0.2, 0.25) is 0 Å². The molecular weight excluding hydrogens is 330 g/mol. The van der Waals surface area contributed by atoms with E-state index in [1.165, 1.54) is 0 Å². The molecule has 26 heavy (non-hydrogen) atoms. The lowest BCUT2D eigenvalue weighted by Gasteiger charge is -2.26. The van der Waals surface area contributed by atoms with Gasteiger partial charge in [-0.1, -0.05) is 50.1 Å². The molecule has 0 aromatic heterocycles. The molecule has 0 heterocycles. The molecule has 1 aromatic rings. The summed E-state index contributed by atoms with van der Waals surface area (Å²) in [5.41, 5.74) is 0.550. The fourth-order valence-electron chi connectivity index (χ4n) is 2.71. The molecule has 0 saturated heterocycles. The van der Waals surface area contributed by atoms with Crippen molar-refractivity contribution in [2.75, 3.05) is 0 Å². The molecule has 0 spiro atoms. The molecule has 146 valence electrons. The third-order valence-electron chi connectivity index (χ3n) is 4.05. The summed E-state index contributed by atoms with van der Waals surface area (Å²) in [6.45, 7) is 11.0. The monoisotopic (exact) mass is 363 g/mol. The highest BCUT2D eigenvalue weighted by molar-refractivity contribution is 5.81. The number of esters is 1. The van der Waals surface area contributed by atoms with E-state index in [4.69, 9.17) is 9.47 Å². The van der Waals surface area contributed by atoms with Crippen LogP contribution in [0, 0.1) is 0 Å². The maximum Gasteiger partial charge on any atom is 0.408 e. The number of alkyl carbamates (subject to hydrolysis) is 1. The molecule has 0 bridgehead atoms. The second-order valence-corrected chi connectivity index (χ2v) is 7.67. The molecule has 1 amide bonds. The Labute approximate surface area is 157 Å². The lowest BCUT2D eigenvalue weighted by atomic mass is 9.89. The zero-order valence-corrected chi connectivity index (χ0v) is 16.9. The lowest BCUT2D eigenvalue weighted by molar-refractivity contribution is -0.151. The van der Waals surface area contributed by atoms with Gasteiger partial charge in [0.1, 0.15) is 17.7 Å². The fourth-order valence-corrected chi connectivity index (χ4v) is 2.71. The van der Waals surface area contributed by atoms with Gasteiger partial charge in [0.2, 0.25) is 0 Å². The van der Waals surface area contributed by atoms with E-state index in [2.05, 4.69) is 24.4 Å². The number of carbonyl (C=O) groups is 2. The van der Waals surface area contributed by atoms with E-state index in [0.717, 1.165) is 24.8 Å². The highest BCUT2D eigenvalue weighted by Gasteiger charge is 2.26. The molecular formula is C21H33NO4. The second kappa shape index (κ2) is 10.2. The molecule has 3 atom stereocenters. The molecule has 0 fully saturated rings. The van der Waals surface area contributed by atoms with E-state index in [1.54, 1.807) is 27.7 Å². The van der Waals surface area contributed by atoms with Gasteiger partial charge >= 0.3 is 12.1 Å². The van der Waals surface area contributed by atoms with E-state index in [0.29, 0.717) is 0 Å². The SMILES string of the molecule is CCCC[C@H](c1ccccc1)[C@H](C)OC(=O)[C@H](C)NC(=O)OC(C)(C)C. The van der Waals surface area contributed by atoms with E-state index < -0.39 is 23.7 Å². The molecule has 0 aliphatic heterocycles. The Kier molecular flexibility index (Phi) is 8.62. The molecule has 1 aromatic carbocycles. The van der Waals surface area contributed by atoms with Crippen LogP contribution in [-0.2, 0) is 14.3 Å². The van der Waals surface area contributed by atoms with Gasteiger partial charge in [0, 0.05) is 5.92 Å². The van der Waals surface area contributed by atoms with Crippen molar-refractivity contribution in [2.24, 2.45) is 0 Å². The van der Waals surface area contributed by atoms with E-state index >= 15 is 0 Å². The quantitative estimate of drug-likeness (QED) is 0.674. The van der Waals surface area contributed by atoms with Crippen molar-refractivity contribution in [3.63, 3.8) is 0 Å². The van der Waals surface area contributed by atoms with E-state index in [-0.39, 0.29) is 12.0 Å². The first-order valence-corrected chi connectivity index (χ1v) is 9.39. The van der Waals surface area contributed by atoms with Gasteiger partial charge in [-0.3, -0.25) is 0 Å². The van der Waals surface area contributed by atoms with Crippen LogP contribution in [0.15, 0.2) is 30.3 Å². The van der Waals surface area contributed by atoms with Crippen molar-refractivity contribution in [3.05, 3.63) is 35.9 Å². The zero-order chi connectivity index (χ0) is 19.7. The molecule has 1 rings (SSSR count). The Morgan fingerprint density at radius 3 is 2.27 bits per heavy atom. The predicted octanol–water partition coefficient (Wildman–Crippen LogP) is 4.81. The van der Waals surface area contributed by atoms with Crippen molar-refractivity contribution in [2.45, 2.75) is 84.5 Å². The van der Waals surface area contributed by atoms with Crippen LogP contribution in [0.25, 0.3) is 0 Å². The molecule has 5 nitrogen and oxygen atoms in total. The Morgan fingerprint density at radius 2 is 1.73 bits per heavy atom. The van der Waals surface area contributed by atoms with Gasteiger partial charge in [-0.25, -0.2) is 9.59 Å². The van der Waals surface area contributed by atoms with Gasteiger partial charge in [0.15, 0.2) is 0 Å². The van der Waals surface area contributed by atoms with Crippen molar-refractivity contribution in [1.82, 2.24) is 5.32 Å². The number of nitrogens with one attached hydrogen (secondary N) is 1. The zero-order valence-electron chi connectivity index (χ0n) is 16.9. The van der Waals surface area contributed by atoms with Crippen LogP contribution in [0.5, 0.6) is 0 Å². The molecule has 0 unspecified atom stereocenters. The average Bonchev–Trinajstić information content (AvgIpc) is 2.54. The number of hydrogen-bond acceptors (Lipinski definition) is 4. The van der Waals surface area contributed by atoms with Crippen molar-refractivity contribution in [3.8, 4) is 0 Å². The van der Waals surface area contributed by atoms with Gasteiger partial charge in [0.05, 0.1) is 0 Å². The largest absolute Gasteiger partial charge is 0.461 e. The third kappa shape index (κ3) is 7.89. The number of unbranched alkanes of at least 4 members (excludes halogenated alkanes) is 1. The van der Waals surface area contributed by atoms with Gasteiger partial charge in [0.25, 0.3) is 0 Å². The molecule has 0 saturated carbocycles. The summed E-state index contributed by atoms with van der Waals surface area (Å²) in [6.07, 6.45) is 2.19. The predicted molar refractivity (Wildman–Crippen MR) is 103 cm³/mol. The van der Waals surface area contributed by atoms with Crippen molar-refractivity contribution < 1.29 is 19.1 Å². The highest BCUT2D eigenvalue weighted by Crippen LogP contribution is 2.27. The van der Waals surface area contributed by atoms with Crippen LogP contribution in [-0.4, -0.2) is 29.8 Å². The number of benzene rings is 1. The van der Waals surface area contributed by atoms with Crippen LogP contribution in [0.3, 0.4) is 0 Å². The van der Waals surface area contributed by atoms with Crippen molar-refractivity contribution in [1.29, 1.82) is 0 Å². The number of carbonyl (C=O) groups excluding carboxylic acids is 2. The summed E-state index contributed by atoms with van der Waals surface area (Å²) in [5.74, 6) is -0.324. The number of ether oxygens (including phenoxy) is 2. The molecule has 0 aliphatic carbocycles. The normalized spacial score (nSPS) is 14.8. The third-order valence-corrected chi connectivity index (χ3v) is 4.05. The van der Waals surface area contributed by atoms with Gasteiger partial charge in [-0.2, -0.15) is 0 Å². The Bertz CT molecular complexity index is 565. The minimum atomic E-state index is -0.769. The van der Waals surface area contributed by atoms with E-state index in [1.807, 2.05) is 25.1 Å². The first-order valence-electron chi connectivity index (χ1n) is 9.39. The lowest BCUT2D eigenvalue weighted by Crippen LogP contribution is -2.43. The minimum Gasteiger partial charge on any atom is -0.461 e. The van der Waals surface area contributed by atoms with Gasteiger partial charge in [-0.15, -0.1) is 0 Å². The Balaban J connectivity index is 2.68. The van der Waals surface area contributed by atoms with Gasteiger partial charge in [-0.05, 0) is 46.6 Å². The molecule has 1 N–H and O–H groups in total. The number of hydrogen-bond donors (Lipinski definition) is 1. The average molecular weight is 363 g/mol. The maximum atomic E-state index is 12.4. The summed E-state index contributed by atoms with van der Waals surface area (Å²) < 4.78 is 10.8. The van der Waals surface area contributed by atoms with Gasteiger partial charge < -0.3 is 14.8 Å². The highest BCUT2D eigenvalue weighted by atomic mass is 16.6. The maximum absolute atomic E-state index is 12.4. The second-order valence-electron chi connectivity index (χ2n) is 7.67. The summed E-state index contributed by atoms with van der Waals surface area (Å²) in [7, 11) is 0. The first-order chi connectivity index (χ1) is 12.1. The molecule has 5 heteroatoms.